The minimum absolute atomic E-state index is 0.00483. The SMILES string of the molecule is CCN(C(=O)NCC(C)CC(=O)O)C(C)COC. The number of urea groups is 1. The number of hydrogen-bond acceptors (Lipinski definition) is 3. The van der Waals surface area contributed by atoms with Gasteiger partial charge in [0.1, 0.15) is 0 Å². The van der Waals surface area contributed by atoms with Crippen molar-refractivity contribution in [2.45, 2.75) is 33.2 Å². The zero-order chi connectivity index (χ0) is 14.1. The monoisotopic (exact) mass is 260 g/mol. The standard InChI is InChI=1S/C12H24N2O4/c1-5-14(10(3)8-18-4)12(17)13-7-9(2)6-11(15)16/h9-10H,5-8H2,1-4H3,(H,13,17)(H,15,16). The summed E-state index contributed by atoms with van der Waals surface area (Å²) in [6.45, 7) is 7.03. The molecular weight excluding hydrogens is 236 g/mol. The maximum Gasteiger partial charge on any atom is 0.317 e. The minimum atomic E-state index is -0.850. The summed E-state index contributed by atoms with van der Waals surface area (Å²) in [5.74, 6) is -0.931. The molecule has 2 N–H and O–H groups in total. The van der Waals surface area contributed by atoms with E-state index in [2.05, 4.69) is 5.32 Å². The number of aliphatic carboxylic acids is 1. The summed E-state index contributed by atoms with van der Waals surface area (Å²) in [6, 6.07) is -0.186. The van der Waals surface area contributed by atoms with Crippen LogP contribution in [0.3, 0.4) is 0 Å². The lowest BCUT2D eigenvalue weighted by molar-refractivity contribution is -0.137. The average Bonchev–Trinajstić information content (AvgIpc) is 2.26. The third-order valence-electron chi connectivity index (χ3n) is 2.67. The van der Waals surface area contributed by atoms with E-state index in [9.17, 15) is 9.59 Å². The highest BCUT2D eigenvalue weighted by Gasteiger charge is 2.18. The van der Waals surface area contributed by atoms with Crippen molar-refractivity contribution in [3.8, 4) is 0 Å². The number of carbonyl (C=O) groups is 2. The highest BCUT2D eigenvalue weighted by atomic mass is 16.5. The molecule has 0 aromatic heterocycles. The minimum Gasteiger partial charge on any atom is -0.481 e. The number of carboxylic acids is 1. The number of rotatable bonds is 8. The van der Waals surface area contributed by atoms with E-state index in [1.807, 2.05) is 13.8 Å². The molecule has 0 spiro atoms. The van der Waals surface area contributed by atoms with Gasteiger partial charge in [-0.15, -0.1) is 0 Å². The number of hydrogen-bond donors (Lipinski definition) is 2. The second-order valence-electron chi connectivity index (χ2n) is 4.48. The molecule has 6 nitrogen and oxygen atoms in total. The largest absolute Gasteiger partial charge is 0.481 e. The molecule has 0 aliphatic carbocycles. The Morgan fingerprint density at radius 1 is 1.39 bits per heavy atom. The third kappa shape index (κ3) is 6.44. The molecule has 0 aliphatic rings. The van der Waals surface area contributed by atoms with Gasteiger partial charge in [0.2, 0.25) is 0 Å². The summed E-state index contributed by atoms with van der Waals surface area (Å²) in [5.41, 5.74) is 0. The highest BCUT2D eigenvalue weighted by molar-refractivity contribution is 5.74. The van der Waals surface area contributed by atoms with E-state index in [1.54, 1.807) is 18.9 Å². The first-order valence-electron chi connectivity index (χ1n) is 6.17. The molecule has 0 aromatic carbocycles. The first-order chi connectivity index (χ1) is 8.42. The number of carboxylic acid groups (broad SMARTS) is 1. The van der Waals surface area contributed by atoms with Crippen molar-refractivity contribution in [3.63, 3.8) is 0 Å². The molecule has 0 heterocycles. The smallest absolute Gasteiger partial charge is 0.317 e. The van der Waals surface area contributed by atoms with Gasteiger partial charge < -0.3 is 20.1 Å². The molecule has 0 bridgehead atoms. The molecule has 0 radical (unpaired) electrons. The molecule has 0 aliphatic heterocycles. The molecule has 106 valence electrons. The van der Waals surface area contributed by atoms with Gasteiger partial charge in [-0.25, -0.2) is 4.79 Å². The first kappa shape index (κ1) is 16.7. The van der Waals surface area contributed by atoms with Crippen LogP contribution in [0.4, 0.5) is 4.79 Å². The van der Waals surface area contributed by atoms with Gasteiger partial charge in [-0.05, 0) is 19.8 Å². The molecule has 0 saturated heterocycles. The molecule has 2 atom stereocenters. The van der Waals surface area contributed by atoms with E-state index < -0.39 is 5.97 Å². The van der Waals surface area contributed by atoms with Crippen molar-refractivity contribution in [1.82, 2.24) is 10.2 Å². The lowest BCUT2D eigenvalue weighted by Gasteiger charge is -2.28. The molecular formula is C12H24N2O4. The number of amides is 2. The summed E-state index contributed by atoms with van der Waals surface area (Å²) in [4.78, 5) is 24.1. The summed E-state index contributed by atoms with van der Waals surface area (Å²) in [6.07, 6.45) is 0.0556. The Balaban J connectivity index is 4.15. The van der Waals surface area contributed by atoms with Gasteiger partial charge in [-0.3, -0.25) is 4.79 Å². The first-order valence-corrected chi connectivity index (χ1v) is 6.17. The Labute approximate surface area is 108 Å². The summed E-state index contributed by atoms with van der Waals surface area (Å²) < 4.78 is 5.02. The van der Waals surface area contributed by atoms with Crippen molar-refractivity contribution in [1.29, 1.82) is 0 Å². The van der Waals surface area contributed by atoms with E-state index in [4.69, 9.17) is 9.84 Å². The van der Waals surface area contributed by atoms with Crippen molar-refractivity contribution in [3.05, 3.63) is 0 Å². The maximum absolute atomic E-state index is 11.9. The molecule has 18 heavy (non-hydrogen) atoms. The molecule has 2 unspecified atom stereocenters. The van der Waals surface area contributed by atoms with E-state index in [0.29, 0.717) is 19.7 Å². The Hall–Kier alpha value is -1.30. The van der Waals surface area contributed by atoms with Crippen molar-refractivity contribution < 1.29 is 19.4 Å². The number of likely N-dealkylation sites (N-methyl/N-ethyl adjacent to an activating group) is 1. The zero-order valence-corrected chi connectivity index (χ0v) is 11.6. The molecule has 0 saturated carbocycles. The number of ether oxygens (including phenoxy) is 1. The fourth-order valence-corrected chi connectivity index (χ4v) is 1.72. The van der Waals surface area contributed by atoms with Crippen LogP contribution < -0.4 is 5.32 Å². The van der Waals surface area contributed by atoms with Gasteiger partial charge in [0, 0.05) is 26.6 Å². The number of nitrogens with zero attached hydrogens (tertiary/aromatic N) is 1. The van der Waals surface area contributed by atoms with Gasteiger partial charge in [0.05, 0.1) is 12.6 Å². The Kier molecular flexibility index (Phi) is 8.11. The van der Waals surface area contributed by atoms with Gasteiger partial charge in [-0.2, -0.15) is 0 Å². The quantitative estimate of drug-likeness (QED) is 0.686. The topological polar surface area (TPSA) is 78.9 Å². The molecule has 0 aromatic rings. The number of nitrogens with one attached hydrogen (secondary N) is 1. The molecule has 6 heteroatoms. The fraction of sp³-hybridized carbons (Fsp3) is 0.833. The zero-order valence-electron chi connectivity index (χ0n) is 11.6. The fourth-order valence-electron chi connectivity index (χ4n) is 1.72. The Bertz CT molecular complexity index is 271. The van der Waals surface area contributed by atoms with Crippen LogP contribution in [0.5, 0.6) is 0 Å². The molecule has 0 fully saturated rings. The van der Waals surface area contributed by atoms with E-state index in [1.165, 1.54) is 0 Å². The highest BCUT2D eigenvalue weighted by Crippen LogP contribution is 2.03. The summed E-state index contributed by atoms with van der Waals surface area (Å²) >= 11 is 0. The lowest BCUT2D eigenvalue weighted by Crippen LogP contribution is -2.47. The van der Waals surface area contributed by atoms with Crippen LogP contribution in [0.1, 0.15) is 27.2 Å². The van der Waals surface area contributed by atoms with Gasteiger partial charge in [0.25, 0.3) is 0 Å². The van der Waals surface area contributed by atoms with E-state index in [-0.39, 0.29) is 24.4 Å². The van der Waals surface area contributed by atoms with Crippen molar-refractivity contribution in [2.24, 2.45) is 5.92 Å². The summed E-state index contributed by atoms with van der Waals surface area (Å²) in [7, 11) is 1.59. The van der Waals surface area contributed by atoms with Gasteiger partial charge in [0.15, 0.2) is 0 Å². The van der Waals surface area contributed by atoms with Crippen LogP contribution >= 0.6 is 0 Å². The second-order valence-corrected chi connectivity index (χ2v) is 4.48. The van der Waals surface area contributed by atoms with Crippen molar-refractivity contribution in [2.75, 3.05) is 26.8 Å². The van der Waals surface area contributed by atoms with Crippen LogP contribution in [0.2, 0.25) is 0 Å². The normalized spacial score (nSPS) is 13.8. The molecule has 0 rings (SSSR count). The maximum atomic E-state index is 11.9. The van der Waals surface area contributed by atoms with Gasteiger partial charge in [-0.1, -0.05) is 6.92 Å². The van der Waals surface area contributed by atoms with E-state index >= 15 is 0 Å². The Morgan fingerprint density at radius 2 is 2.00 bits per heavy atom. The second kappa shape index (κ2) is 8.74. The average molecular weight is 260 g/mol. The van der Waals surface area contributed by atoms with E-state index in [0.717, 1.165) is 0 Å². The predicted octanol–water partition coefficient (Wildman–Crippen LogP) is 1.16. The summed E-state index contributed by atoms with van der Waals surface area (Å²) in [5, 5.41) is 11.4. The van der Waals surface area contributed by atoms with Crippen LogP contribution in [0.25, 0.3) is 0 Å². The number of carbonyl (C=O) groups excluding carboxylic acids is 1. The van der Waals surface area contributed by atoms with Crippen LogP contribution in [-0.2, 0) is 9.53 Å². The third-order valence-corrected chi connectivity index (χ3v) is 2.67. The number of methoxy groups -OCH3 is 1. The van der Waals surface area contributed by atoms with Crippen LogP contribution in [-0.4, -0.2) is 54.9 Å². The van der Waals surface area contributed by atoms with Crippen molar-refractivity contribution >= 4 is 12.0 Å². The predicted molar refractivity (Wildman–Crippen MR) is 68.5 cm³/mol. The van der Waals surface area contributed by atoms with Crippen LogP contribution in [0, 0.1) is 5.92 Å². The van der Waals surface area contributed by atoms with Gasteiger partial charge >= 0.3 is 12.0 Å². The van der Waals surface area contributed by atoms with Crippen LogP contribution in [0.15, 0.2) is 0 Å². The molecule has 2 amide bonds. The Morgan fingerprint density at radius 3 is 2.44 bits per heavy atom. The lowest BCUT2D eigenvalue weighted by atomic mass is 10.1.